The van der Waals surface area contributed by atoms with E-state index < -0.39 is 0 Å². The minimum atomic E-state index is 0.590. The van der Waals surface area contributed by atoms with Crippen LogP contribution in [0, 0.1) is 76.2 Å². The number of rotatable bonds is 3. The van der Waals surface area contributed by atoms with E-state index in [0.29, 0.717) is 28.9 Å². The van der Waals surface area contributed by atoms with Crippen LogP contribution in [0.5, 0.6) is 0 Å². The fraction of sp³-hybridized carbons (Fsp3) is 0.393. The van der Waals surface area contributed by atoms with Crippen molar-refractivity contribution in [1.29, 1.82) is 0 Å². The summed E-state index contributed by atoms with van der Waals surface area (Å²) >= 11 is 0. The number of aryl methyl sites for hydroxylation is 6. The Bertz CT molecular complexity index is 1350. The fourth-order valence-corrected chi connectivity index (χ4v) is 4.21. The molecule has 4 heterocycles. The van der Waals surface area contributed by atoms with Gasteiger partial charge in [0.25, 0.3) is 0 Å². The van der Waals surface area contributed by atoms with Gasteiger partial charge in [0.05, 0.1) is 0 Å². The Morgan fingerprint density at radius 1 is 0.286 bits per heavy atom. The summed E-state index contributed by atoms with van der Waals surface area (Å²) in [4.78, 5) is 34.1. The first-order valence-corrected chi connectivity index (χ1v) is 11.9. The molecule has 7 heteroatoms. The van der Waals surface area contributed by atoms with Crippen molar-refractivity contribution in [3.8, 4) is 34.4 Å². The molecule has 180 valence electrons. The van der Waals surface area contributed by atoms with Crippen LogP contribution in [0.2, 0.25) is 0 Å². The Morgan fingerprint density at radius 2 is 0.543 bits per heavy atom. The second kappa shape index (κ2) is 8.87. The quantitative estimate of drug-likeness (QED) is 0.373. The van der Waals surface area contributed by atoms with Crippen LogP contribution in [0.25, 0.3) is 34.4 Å². The van der Waals surface area contributed by atoms with Crippen molar-refractivity contribution in [3.05, 3.63) is 62.0 Å². The summed E-state index contributed by atoms with van der Waals surface area (Å²) in [6.45, 7) is 22.3. The molecule has 0 unspecified atom stereocenters. The minimum absolute atomic E-state index is 0.590. The maximum atomic E-state index is 5.08. The molecule has 7 nitrogen and oxygen atoms in total. The van der Waals surface area contributed by atoms with Crippen LogP contribution in [0.3, 0.4) is 0 Å². The highest BCUT2D eigenvalue weighted by Crippen LogP contribution is 2.36. The molecule has 0 aromatic carbocycles. The van der Waals surface area contributed by atoms with Gasteiger partial charge in [-0.25, -0.2) is 34.9 Å². The number of aromatic nitrogens is 7. The molecule has 0 N–H and O–H groups in total. The Morgan fingerprint density at radius 3 is 0.829 bits per heavy atom. The summed E-state index contributed by atoms with van der Waals surface area (Å²) < 4.78 is 0. The lowest BCUT2D eigenvalue weighted by Crippen LogP contribution is -2.09. The monoisotopic (exact) mass is 467 g/mol. The van der Waals surface area contributed by atoms with Crippen molar-refractivity contribution < 1.29 is 0 Å². The number of hydrogen-bond acceptors (Lipinski definition) is 7. The van der Waals surface area contributed by atoms with E-state index in [1.165, 1.54) is 0 Å². The van der Waals surface area contributed by atoms with Gasteiger partial charge in [0.1, 0.15) is 11.4 Å². The normalized spacial score (nSPS) is 11.3. The summed E-state index contributed by atoms with van der Waals surface area (Å²) in [6, 6.07) is 0. The van der Waals surface area contributed by atoms with Gasteiger partial charge >= 0.3 is 0 Å². The molecule has 0 fully saturated rings. The van der Waals surface area contributed by atoms with E-state index in [-0.39, 0.29) is 0 Å². The molecular weight excluding hydrogens is 434 g/mol. The zero-order chi connectivity index (χ0) is 25.8. The molecule has 0 saturated carbocycles. The molecule has 0 aliphatic rings. The first kappa shape index (κ1) is 24.5. The second-order valence-corrected chi connectivity index (χ2v) is 9.46. The maximum absolute atomic E-state index is 5.08. The lowest BCUT2D eigenvalue weighted by molar-refractivity contribution is 0.982. The molecule has 4 rings (SSSR count). The summed E-state index contributed by atoms with van der Waals surface area (Å²) in [5.74, 6) is 1.85. The molecule has 0 spiro atoms. The van der Waals surface area contributed by atoms with Crippen molar-refractivity contribution in [2.24, 2.45) is 0 Å². The summed E-state index contributed by atoms with van der Waals surface area (Å²) in [7, 11) is 0. The Balaban J connectivity index is 2.12. The van der Waals surface area contributed by atoms with Crippen LogP contribution in [0.4, 0.5) is 0 Å². The van der Waals surface area contributed by atoms with Crippen LogP contribution in [-0.4, -0.2) is 34.9 Å². The van der Waals surface area contributed by atoms with Gasteiger partial charge in [-0.2, -0.15) is 0 Å². The van der Waals surface area contributed by atoms with Crippen LogP contribution in [-0.2, 0) is 0 Å². The molecule has 0 aliphatic heterocycles. The van der Waals surface area contributed by atoms with Crippen molar-refractivity contribution in [3.63, 3.8) is 0 Å². The van der Waals surface area contributed by atoms with Crippen molar-refractivity contribution in [2.45, 2.75) is 76.2 Å². The highest BCUT2D eigenvalue weighted by atomic mass is 15.0. The maximum Gasteiger partial charge on any atom is 0.178 e. The highest BCUT2D eigenvalue weighted by Gasteiger charge is 2.24. The van der Waals surface area contributed by atoms with Gasteiger partial charge in [-0.3, -0.25) is 0 Å². The number of nitrogens with zero attached hydrogens (tertiary/aromatic N) is 7. The molecule has 35 heavy (non-hydrogen) atoms. The average Bonchev–Trinajstić information content (AvgIpc) is 2.79. The summed E-state index contributed by atoms with van der Waals surface area (Å²) in [5.41, 5.74) is 13.2. The van der Waals surface area contributed by atoms with Crippen LogP contribution >= 0.6 is 0 Å². The molecule has 0 amide bonds. The van der Waals surface area contributed by atoms with Crippen molar-refractivity contribution >= 4 is 0 Å². The SMILES string of the molecule is Cc1nc(-c2nc(-c3nc(C)c(C)c(C)n3)c(C)c(-c3nc(C)c(C)c(C)n3)c2C)nc(C)c1C. The molecule has 4 aromatic rings. The molecule has 0 aliphatic carbocycles. The molecular formula is C28H33N7. The van der Waals surface area contributed by atoms with Crippen molar-refractivity contribution in [1.82, 2.24) is 34.9 Å². The van der Waals surface area contributed by atoms with Gasteiger partial charge in [-0.15, -0.1) is 0 Å². The van der Waals surface area contributed by atoms with Gasteiger partial charge in [0, 0.05) is 39.7 Å². The van der Waals surface area contributed by atoms with E-state index in [2.05, 4.69) is 6.92 Å². The number of pyridine rings is 1. The third kappa shape index (κ3) is 4.20. The first-order valence-electron chi connectivity index (χ1n) is 11.9. The van der Waals surface area contributed by atoms with E-state index in [1.54, 1.807) is 0 Å². The van der Waals surface area contributed by atoms with Gasteiger partial charge in [0.2, 0.25) is 0 Å². The third-order valence-corrected chi connectivity index (χ3v) is 7.23. The predicted molar refractivity (Wildman–Crippen MR) is 139 cm³/mol. The highest BCUT2D eigenvalue weighted by molar-refractivity contribution is 5.79. The number of hydrogen-bond donors (Lipinski definition) is 0. The standard InChI is InChI=1S/C28H33N7/c1-12-17(6)29-26(30-18(12)7)23-15(4)24(27-31-19(8)13(2)20(9)32-27)35-25(16(23)5)28-33-21(10)14(3)22(11)34-28/h1-11H3. The van der Waals surface area contributed by atoms with Crippen molar-refractivity contribution in [2.75, 3.05) is 0 Å². The van der Waals surface area contributed by atoms with Gasteiger partial charge in [0.15, 0.2) is 17.5 Å². The second-order valence-electron chi connectivity index (χ2n) is 9.46. The van der Waals surface area contributed by atoms with Crippen LogP contribution in [0.15, 0.2) is 0 Å². The smallest absolute Gasteiger partial charge is 0.178 e. The zero-order valence-corrected chi connectivity index (χ0v) is 22.6. The minimum Gasteiger partial charge on any atom is -0.240 e. The molecule has 0 saturated heterocycles. The molecule has 0 bridgehead atoms. The fourth-order valence-electron chi connectivity index (χ4n) is 4.21. The zero-order valence-electron chi connectivity index (χ0n) is 22.6. The van der Waals surface area contributed by atoms with E-state index in [1.807, 2.05) is 69.2 Å². The summed E-state index contributed by atoms with van der Waals surface area (Å²) in [6.07, 6.45) is 0. The molecule has 0 radical (unpaired) electrons. The van der Waals surface area contributed by atoms with Gasteiger partial charge in [-0.05, 0) is 104 Å². The van der Waals surface area contributed by atoms with Crippen LogP contribution < -0.4 is 0 Å². The average molecular weight is 468 g/mol. The Labute approximate surface area is 207 Å². The summed E-state index contributed by atoms with van der Waals surface area (Å²) in [5, 5.41) is 0. The van der Waals surface area contributed by atoms with Gasteiger partial charge in [-0.1, -0.05) is 0 Å². The van der Waals surface area contributed by atoms with E-state index >= 15 is 0 Å². The topological polar surface area (TPSA) is 90.2 Å². The predicted octanol–water partition coefficient (Wildman–Crippen LogP) is 5.85. The first-order chi connectivity index (χ1) is 16.4. The lowest BCUT2D eigenvalue weighted by Gasteiger charge is -2.18. The molecule has 0 atom stereocenters. The van der Waals surface area contributed by atoms with Crippen LogP contribution in [0.1, 0.15) is 62.0 Å². The van der Waals surface area contributed by atoms with E-state index in [4.69, 9.17) is 34.9 Å². The Hall–Kier alpha value is -3.61. The largest absolute Gasteiger partial charge is 0.240 e. The molecule has 4 aromatic heterocycles. The third-order valence-electron chi connectivity index (χ3n) is 7.23. The Kier molecular flexibility index (Phi) is 6.21. The van der Waals surface area contributed by atoms with Gasteiger partial charge < -0.3 is 0 Å². The van der Waals surface area contributed by atoms with E-state index in [0.717, 1.165) is 67.5 Å². The van der Waals surface area contributed by atoms with E-state index in [9.17, 15) is 0 Å². The lowest BCUT2D eigenvalue weighted by atomic mass is 9.97.